The van der Waals surface area contributed by atoms with Gasteiger partial charge < -0.3 is 4.90 Å². The predicted octanol–water partition coefficient (Wildman–Crippen LogP) is 10.4. The number of rotatable bonds is 3. The molecule has 2 aliphatic heterocycles. The fourth-order valence-corrected chi connectivity index (χ4v) is 10.2. The molecule has 0 saturated heterocycles. The average Bonchev–Trinajstić information content (AvgIpc) is 3.48. The molecule has 9 aromatic rings. The first-order chi connectivity index (χ1) is 27.5. The first-order valence-electron chi connectivity index (χ1n) is 19.5. The predicted molar refractivity (Wildman–Crippen MR) is 235 cm³/mol. The topological polar surface area (TPSA) is 25.2 Å². The Labute approximate surface area is 325 Å². The number of hydrogen-bond acceptors (Lipinski definition) is 2. The summed E-state index contributed by atoms with van der Waals surface area (Å²) in [5, 5.41) is 2.83. The Bertz CT molecular complexity index is 3200. The van der Waals surface area contributed by atoms with E-state index in [0.717, 1.165) is 49.9 Å². The van der Waals surface area contributed by atoms with Crippen LogP contribution in [0.5, 0.6) is 0 Å². The minimum Gasteiger partial charge on any atom is -0.311 e. The van der Waals surface area contributed by atoms with Crippen LogP contribution in [-0.4, -0.2) is 11.3 Å². The molecule has 3 heterocycles. The molecule has 0 radical (unpaired) electrons. The molecule has 3 aliphatic rings. The number of nitrogens with zero attached hydrogens (tertiary/aromatic N) is 2. The van der Waals surface area contributed by atoms with E-state index >= 15 is 0 Å². The quantitative estimate of drug-likeness (QED) is 0.135. The highest BCUT2D eigenvalue weighted by molar-refractivity contribution is 7.00. The molecule has 0 fully saturated rings. The minimum absolute atomic E-state index is 0.0229. The fourth-order valence-electron chi connectivity index (χ4n) is 10.2. The molecule has 0 spiro atoms. The van der Waals surface area contributed by atoms with E-state index in [4.69, 9.17) is 0 Å². The molecule has 4 heteroatoms. The van der Waals surface area contributed by atoms with Gasteiger partial charge in [-0.1, -0.05) is 147 Å². The molecule has 0 saturated carbocycles. The van der Waals surface area contributed by atoms with Crippen molar-refractivity contribution in [3.63, 3.8) is 0 Å². The molecule has 0 amide bonds. The van der Waals surface area contributed by atoms with Crippen LogP contribution in [0, 0.1) is 0 Å². The van der Waals surface area contributed by atoms with Crippen molar-refractivity contribution in [3.8, 4) is 39.1 Å². The molecule has 3 nitrogen and oxygen atoms in total. The molecular weight excluding hydrogens is 679 g/mol. The second-order valence-corrected chi connectivity index (χ2v) is 16.0. The summed E-state index contributed by atoms with van der Waals surface area (Å²) in [6.45, 7) is 4.67. The van der Waals surface area contributed by atoms with Crippen LogP contribution in [0.1, 0.15) is 25.0 Å². The van der Waals surface area contributed by atoms with E-state index in [1.165, 1.54) is 55.4 Å². The van der Waals surface area contributed by atoms with Gasteiger partial charge in [0.05, 0.1) is 5.52 Å². The summed E-state index contributed by atoms with van der Waals surface area (Å²) < 4.78 is 2.00. The highest BCUT2D eigenvalue weighted by Gasteiger charge is 2.43. The number of hydrogen-bond donors (Lipinski definition) is 0. The Balaban J connectivity index is 1.14. The van der Waals surface area contributed by atoms with Gasteiger partial charge in [0.1, 0.15) is 0 Å². The SMILES string of the molecule is CC1(C)c2cc(-c3ccccc3)ccc2-c2ccc(N3c4ccc(-c5ccccc5)cc4B4c5ccccc5-n5c(=O)c6ccccc6c6ccc3c4c65)cc21. The van der Waals surface area contributed by atoms with Gasteiger partial charge >= 0.3 is 0 Å². The molecule has 262 valence electrons. The summed E-state index contributed by atoms with van der Waals surface area (Å²) in [5.41, 5.74) is 18.8. The van der Waals surface area contributed by atoms with Crippen LogP contribution in [-0.2, 0) is 5.41 Å². The third-order valence-corrected chi connectivity index (χ3v) is 12.8. The molecule has 1 aliphatic carbocycles. The van der Waals surface area contributed by atoms with Gasteiger partial charge in [-0.25, -0.2) is 0 Å². The van der Waals surface area contributed by atoms with Crippen LogP contribution in [0.4, 0.5) is 17.1 Å². The Morgan fingerprint density at radius 1 is 0.464 bits per heavy atom. The van der Waals surface area contributed by atoms with Crippen LogP contribution in [0.2, 0.25) is 0 Å². The lowest BCUT2D eigenvalue weighted by Gasteiger charge is -2.41. The lowest BCUT2D eigenvalue weighted by Crippen LogP contribution is -2.61. The van der Waals surface area contributed by atoms with Gasteiger partial charge in [0.25, 0.3) is 12.3 Å². The van der Waals surface area contributed by atoms with E-state index in [2.05, 4.69) is 176 Å². The standard InChI is InChI=1S/C52H35BN2O/c1-52(2)42-29-34(32-13-5-3-6-14-32)21-24-38(42)39-25-23-36(31-43(39)52)54-47-27-22-35(33-15-7-4-8-16-33)30-45(47)53-44-19-11-12-20-46(44)55-50-40(26-28-48(54)49(50)53)37-17-9-10-18-41(37)51(55)56/h3-31H,1-2H3. The Kier molecular flexibility index (Phi) is 6.35. The zero-order valence-corrected chi connectivity index (χ0v) is 31.1. The number of benzene rings is 8. The molecule has 8 aromatic carbocycles. The lowest BCUT2D eigenvalue weighted by atomic mass is 9.33. The fraction of sp³-hybridized carbons (Fsp3) is 0.0577. The van der Waals surface area contributed by atoms with Crippen LogP contribution >= 0.6 is 0 Å². The summed E-state index contributed by atoms with van der Waals surface area (Å²) in [6.07, 6.45) is 0. The largest absolute Gasteiger partial charge is 0.311 e. The maximum atomic E-state index is 14.7. The molecule has 1 aromatic heterocycles. The molecule has 0 unspecified atom stereocenters. The number of para-hydroxylation sites is 1. The van der Waals surface area contributed by atoms with Crippen molar-refractivity contribution in [1.82, 2.24) is 4.57 Å². The highest BCUT2D eigenvalue weighted by Crippen LogP contribution is 2.52. The van der Waals surface area contributed by atoms with Gasteiger partial charge in [0, 0.05) is 38.9 Å². The highest BCUT2D eigenvalue weighted by atomic mass is 16.1. The first-order valence-corrected chi connectivity index (χ1v) is 19.5. The van der Waals surface area contributed by atoms with Crippen LogP contribution in [0.25, 0.3) is 60.7 Å². The summed E-state index contributed by atoms with van der Waals surface area (Å²) in [4.78, 5) is 17.1. The lowest BCUT2D eigenvalue weighted by molar-refractivity contribution is 0.660. The average molecular weight is 715 g/mol. The van der Waals surface area contributed by atoms with Crippen molar-refractivity contribution >= 4 is 61.8 Å². The molecule has 0 atom stereocenters. The summed E-state index contributed by atoms with van der Waals surface area (Å²) in [7, 11) is 0. The van der Waals surface area contributed by atoms with Gasteiger partial charge in [0.2, 0.25) is 0 Å². The first kappa shape index (κ1) is 31.4. The van der Waals surface area contributed by atoms with E-state index in [1.54, 1.807) is 0 Å². The molecule has 56 heavy (non-hydrogen) atoms. The Hall–Kier alpha value is -6.91. The molecular formula is C52H35BN2O. The van der Waals surface area contributed by atoms with E-state index < -0.39 is 0 Å². The van der Waals surface area contributed by atoms with Crippen molar-refractivity contribution in [1.29, 1.82) is 0 Å². The maximum Gasteiger partial charge on any atom is 0.263 e. The summed E-state index contributed by atoms with van der Waals surface area (Å²) in [6, 6.07) is 63.5. The van der Waals surface area contributed by atoms with E-state index in [1.807, 2.05) is 22.8 Å². The van der Waals surface area contributed by atoms with E-state index in [-0.39, 0.29) is 17.7 Å². The Morgan fingerprint density at radius 3 is 1.84 bits per heavy atom. The number of pyridine rings is 1. The van der Waals surface area contributed by atoms with E-state index in [9.17, 15) is 4.79 Å². The number of aromatic nitrogens is 1. The van der Waals surface area contributed by atoms with Crippen LogP contribution in [0.3, 0.4) is 0 Å². The van der Waals surface area contributed by atoms with Gasteiger partial charge in [-0.2, -0.15) is 0 Å². The molecule has 0 bridgehead atoms. The van der Waals surface area contributed by atoms with E-state index in [0.29, 0.717) is 0 Å². The summed E-state index contributed by atoms with van der Waals surface area (Å²) >= 11 is 0. The second-order valence-electron chi connectivity index (χ2n) is 16.0. The normalized spacial score (nSPS) is 14.0. The zero-order valence-electron chi connectivity index (χ0n) is 31.1. The van der Waals surface area contributed by atoms with Crippen molar-refractivity contribution in [3.05, 3.63) is 197 Å². The maximum absolute atomic E-state index is 14.7. The monoisotopic (exact) mass is 714 g/mol. The second kappa shape index (κ2) is 11.3. The third-order valence-electron chi connectivity index (χ3n) is 12.8. The molecule has 0 N–H and O–H groups in total. The van der Waals surface area contributed by atoms with Gasteiger partial charge in [-0.05, 0) is 109 Å². The van der Waals surface area contributed by atoms with Crippen LogP contribution in [0.15, 0.2) is 181 Å². The van der Waals surface area contributed by atoms with Crippen LogP contribution < -0.4 is 26.8 Å². The zero-order chi connectivity index (χ0) is 37.3. The number of anilines is 3. The Morgan fingerprint density at radius 2 is 1.07 bits per heavy atom. The number of fused-ring (bicyclic) bond motifs is 10. The molecule has 12 rings (SSSR count). The van der Waals surface area contributed by atoms with Gasteiger partial charge in [0.15, 0.2) is 0 Å². The van der Waals surface area contributed by atoms with Crippen molar-refractivity contribution < 1.29 is 0 Å². The van der Waals surface area contributed by atoms with Crippen molar-refractivity contribution in [2.75, 3.05) is 4.90 Å². The van der Waals surface area contributed by atoms with Crippen molar-refractivity contribution in [2.24, 2.45) is 0 Å². The summed E-state index contributed by atoms with van der Waals surface area (Å²) in [5.74, 6) is 0. The van der Waals surface area contributed by atoms with Gasteiger partial charge in [-0.15, -0.1) is 0 Å². The minimum atomic E-state index is -0.209. The van der Waals surface area contributed by atoms with Gasteiger partial charge in [-0.3, -0.25) is 9.36 Å². The third kappa shape index (κ3) is 4.16. The van der Waals surface area contributed by atoms with Crippen molar-refractivity contribution in [2.45, 2.75) is 19.3 Å². The smallest absolute Gasteiger partial charge is 0.263 e.